The lowest BCUT2D eigenvalue weighted by atomic mass is 9.93. The molecule has 0 saturated heterocycles. The minimum Gasteiger partial charge on any atom is -0.465 e. The molecular formula is C23H47O9P. The summed E-state index contributed by atoms with van der Waals surface area (Å²) in [6, 6.07) is 0. The Labute approximate surface area is 199 Å². The number of ether oxygens (including phenoxy) is 1. The van der Waals surface area contributed by atoms with E-state index >= 15 is 0 Å². The van der Waals surface area contributed by atoms with Crippen LogP contribution in [0.5, 0.6) is 0 Å². The van der Waals surface area contributed by atoms with Gasteiger partial charge in [-0.25, -0.2) is 4.57 Å². The molecule has 0 aliphatic rings. The zero-order valence-corrected chi connectivity index (χ0v) is 21.1. The first-order valence-electron chi connectivity index (χ1n) is 12.1. The predicted molar refractivity (Wildman–Crippen MR) is 128 cm³/mol. The maximum atomic E-state index is 11.7. The molecule has 0 rings (SSSR count). The van der Waals surface area contributed by atoms with Crippen molar-refractivity contribution in [2.24, 2.45) is 5.41 Å². The third-order valence-electron chi connectivity index (χ3n) is 5.19. The van der Waals surface area contributed by atoms with Gasteiger partial charge in [0.2, 0.25) is 0 Å². The third-order valence-corrected chi connectivity index (χ3v) is 5.19. The molecule has 9 nitrogen and oxygen atoms in total. The largest absolute Gasteiger partial charge is 0.466 e. The normalized spacial score (nSPS) is 12.0. The summed E-state index contributed by atoms with van der Waals surface area (Å²) in [7, 11) is -4.64. The van der Waals surface area contributed by atoms with E-state index < -0.39 is 33.1 Å². The van der Waals surface area contributed by atoms with Crippen LogP contribution in [0.25, 0.3) is 0 Å². The summed E-state index contributed by atoms with van der Waals surface area (Å²) < 4.78 is 14.0. The predicted octanol–water partition coefficient (Wildman–Crippen LogP) is 3.60. The van der Waals surface area contributed by atoms with Crippen molar-refractivity contribution in [2.45, 2.75) is 96.8 Å². The summed E-state index contributed by atoms with van der Waals surface area (Å²) in [6.45, 7) is 0.849. The van der Waals surface area contributed by atoms with Crippen LogP contribution in [0.3, 0.4) is 0 Å². The second-order valence-corrected chi connectivity index (χ2v) is 9.51. The number of aliphatic hydroxyl groups excluding tert-OH is 3. The van der Waals surface area contributed by atoms with Crippen LogP contribution in [0.1, 0.15) is 96.8 Å². The van der Waals surface area contributed by atoms with Gasteiger partial charge in [0, 0.05) is 6.42 Å². The van der Waals surface area contributed by atoms with E-state index in [2.05, 4.69) is 19.1 Å². The van der Waals surface area contributed by atoms with Crippen molar-refractivity contribution in [1.29, 1.82) is 0 Å². The van der Waals surface area contributed by atoms with E-state index in [0.717, 1.165) is 25.7 Å². The zero-order chi connectivity index (χ0) is 25.4. The van der Waals surface area contributed by atoms with Gasteiger partial charge in [-0.3, -0.25) is 4.79 Å². The van der Waals surface area contributed by atoms with Crippen LogP contribution in [0.15, 0.2) is 12.2 Å². The molecule has 0 unspecified atom stereocenters. The Kier molecular flexibility index (Phi) is 23.9. The minimum atomic E-state index is -4.64. The monoisotopic (exact) mass is 498 g/mol. The summed E-state index contributed by atoms with van der Waals surface area (Å²) in [6.07, 6.45) is 20.7. The summed E-state index contributed by atoms with van der Waals surface area (Å²) in [5, 5.41) is 27.6. The van der Waals surface area contributed by atoms with E-state index in [1.54, 1.807) is 0 Å². The third kappa shape index (κ3) is 27.3. The van der Waals surface area contributed by atoms with Crippen molar-refractivity contribution in [1.82, 2.24) is 0 Å². The van der Waals surface area contributed by atoms with Gasteiger partial charge in [0.05, 0.1) is 25.2 Å². The van der Waals surface area contributed by atoms with Gasteiger partial charge in [-0.1, -0.05) is 70.4 Å². The number of hydrogen-bond donors (Lipinski definition) is 6. The Morgan fingerprint density at radius 2 is 1.15 bits per heavy atom. The van der Waals surface area contributed by atoms with Crippen molar-refractivity contribution in [3.63, 3.8) is 0 Å². The molecule has 6 N–H and O–H groups in total. The molecule has 0 spiro atoms. The Bertz CT molecular complexity index is 500. The summed E-state index contributed by atoms with van der Waals surface area (Å²) in [4.78, 5) is 33.3. The fourth-order valence-corrected chi connectivity index (χ4v) is 2.93. The van der Waals surface area contributed by atoms with Crippen LogP contribution in [0.4, 0.5) is 0 Å². The molecule has 0 heterocycles. The number of carbonyl (C=O) groups is 1. The lowest BCUT2D eigenvalue weighted by Crippen LogP contribution is -2.39. The molecule has 0 amide bonds. The quantitative estimate of drug-likeness (QED) is 0.0636. The maximum Gasteiger partial charge on any atom is 0.466 e. The minimum absolute atomic E-state index is 0.152. The van der Waals surface area contributed by atoms with Gasteiger partial charge in [0.25, 0.3) is 0 Å². The van der Waals surface area contributed by atoms with E-state index in [9.17, 15) is 20.1 Å². The number of hydrogen-bond acceptors (Lipinski definition) is 6. The number of carbonyl (C=O) groups excluding carboxylic acids is 1. The highest BCUT2D eigenvalue weighted by Gasteiger charge is 2.29. The van der Waals surface area contributed by atoms with Crippen molar-refractivity contribution >= 4 is 13.8 Å². The Balaban J connectivity index is 0. The van der Waals surface area contributed by atoms with Gasteiger partial charge in [-0.05, 0) is 32.1 Å². The lowest BCUT2D eigenvalue weighted by Gasteiger charge is -2.26. The van der Waals surface area contributed by atoms with Crippen molar-refractivity contribution < 1.29 is 44.1 Å². The first kappa shape index (κ1) is 34.4. The first-order chi connectivity index (χ1) is 15.6. The number of esters is 1. The van der Waals surface area contributed by atoms with Crippen LogP contribution in [-0.2, 0) is 14.1 Å². The van der Waals surface area contributed by atoms with E-state index in [4.69, 9.17) is 24.0 Å². The highest BCUT2D eigenvalue weighted by Crippen LogP contribution is 2.25. The van der Waals surface area contributed by atoms with Crippen molar-refractivity contribution in [3.05, 3.63) is 12.2 Å². The fraction of sp³-hybridized carbons (Fsp3) is 0.870. The molecule has 0 fully saturated rings. The van der Waals surface area contributed by atoms with Gasteiger partial charge >= 0.3 is 13.8 Å². The molecule has 0 aliphatic carbocycles. The average molecular weight is 499 g/mol. The Morgan fingerprint density at radius 1 is 0.758 bits per heavy atom. The topological polar surface area (TPSA) is 165 Å². The van der Waals surface area contributed by atoms with Crippen LogP contribution in [0, 0.1) is 5.41 Å². The number of phosphoric acid groups is 1. The van der Waals surface area contributed by atoms with Gasteiger partial charge in [0.1, 0.15) is 6.61 Å². The average Bonchev–Trinajstić information content (AvgIpc) is 2.76. The molecule has 0 radical (unpaired) electrons. The molecule has 33 heavy (non-hydrogen) atoms. The summed E-state index contributed by atoms with van der Waals surface area (Å²) in [5.74, 6) is -0.336. The number of rotatable bonds is 20. The summed E-state index contributed by atoms with van der Waals surface area (Å²) in [5.41, 5.74) is -1.14. The standard InChI is InChI=1S/C23H44O5.H3O4P/c1-2-3-4-5-6-7-8-9-10-11-12-13-14-15-16-17-22(27)28-21-23(18-24,19-25)20-26;1-5(2,3)4/h9-10,24-26H,2-8,11-21H2,1H3;(H3,1,2,3,4). The fourth-order valence-electron chi connectivity index (χ4n) is 2.93. The van der Waals surface area contributed by atoms with Crippen LogP contribution < -0.4 is 0 Å². The van der Waals surface area contributed by atoms with Gasteiger partial charge in [-0.15, -0.1) is 0 Å². The molecule has 0 aromatic heterocycles. The van der Waals surface area contributed by atoms with Gasteiger partial charge in [0.15, 0.2) is 0 Å². The van der Waals surface area contributed by atoms with Crippen LogP contribution in [-0.4, -0.2) is 62.4 Å². The molecule has 10 heteroatoms. The maximum absolute atomic E-state index is 11.7. The molecular weight excluding hydrogens is 451 g/mol. The Morgan fingerprint density at radius 3 is 1.58 bits per heavy atom. The summed E-state index contributed by atoms with van der Waals surface area (Å²) >= 11 is 0. The smallest absolute Gasteiger partial charge is 0.465 e. The molecule has 0 atom stereocenters. The first-order valence-corrected chi connectivity index (χ1v) is 13.6. The van der Waals surface area contributed by atoms with Crippen molar-refractivity contribution in [3.8, 4) is 0 Å². The lowest BCUT2D eigenvalue weighted by molar-refractivity contribution is -0.151. The molecule has 0 bridgehead atoms. The zero-order valence-electron chi connectivity index (χ0n) is 20.2. The van der Waals surface area contributed by atoms with Gasteiger partial charge < -0.3 is 34.7 Å². The van der Waals surface area contributed by atoms with Crippen LogP contribution in [0.2, 0.25) is 0 Å². The van der Waals surface area contributed by atoms with E-state index in [0.29, 0.717) is 6.42 Å². The SMILES string of the molecule is CCCCCCCCC=CCCCCCCCC(=O)OCC(CO)(CO)CO.O=P(O)(O)O. The highest BCUT2D eigenvalue weighted by molar-refractivity contribution is 7.45. The van der Waals surface area contributed by atoms with Crippen molar-refractivity contribution in [2.75, 3.05) is 26.4 Å². The number of aliphatic hydroxyl groups is 3. The second-order valence-electron chi connectivity index (χ2n) is 8.48. The number of unbranched alkanes of at least 4 members (excludes halogenated alkanes) is 11. The molecule has 0 aliphatic heterocycles. The van der Waals surface area contributed by atoms with Crippen LogP contribution >= 0.6 is 7.82 Å². The highest BCUT2D eigenvalue weighted by atomic mass is 31.2. The molecule has 0 aromatic rings. The van der Waals surface area contributed by atoms with E-state index in [1.165, 1.54) is 57.8 Å². The second kappa shape index (κ2) is 23.0. The van der Waals surface area contributed by atoms with E-state index in [1.807, 2.05) is 0 Å². The van der Waals surface area contributed by atoms with Gasteiger partial charge in [-0.2, -0.15) is 0 Å². The number of allylic oxidation sites excluding steroid dienone is 2. The Hall–Kier alpha value is -0.800. The molecule has 0 aromatic carbocycles. The molecule has 198 valence electrons. The van der Waals surface area contributed by atoms with E-state index in [-0.39, 0.29) is 12.6 Å². The molecule has 0 saturated carbocycles.